The molecule has 0 spiro atoms. The molecule has 2 aromatic rings. The Kier molecular flexibility index (Phi) is 4.96. The Balaban J connectivity index is 1.57. The minimum Gasteiger partial charge on any atom is -0.496 e. The first kappa shape index (κ1) is 15.9. The first-order valence-electron chi connectivity index (χ1n) is 7.82. The van der Waals surface area contributed by atoms with Gasteiger partial charge in [-0.2, -0.15) is 0 Å². The van der Waals surface area contributed by atoms with Gasteiger partial charge in [0.1, 0.15) is 5.75 Å². The van der Waals surface area contributed by atoms with Crippen LogP contribution in [0.3, 0.4) is 0 Å². The molecule has 0 unspecified atom stereocenters. The third kappa shape index (κ3) is 3.84. The molecule has 0 aromatic heterocycles. The van der Waals surface area contributed by atoms with Crippen molar-refractivity contribution in [2.75, 3.05) is 25.5 Å². The highest BCUT2D eigenvalue weighted by Crippen LogP contribution is 2.17. The van der Waals surface area contributed by atoms with Crippen LogP contribution in [0.2, 0.25) is 0 Å². The molecule has 0 radical (unpaired) electrons. The number of ether oxygens (including phenoxy) is 1. The van der Waals surface area contributed by atoms with E-state index in [1.807, 2.05) is 36.4 Å². The summed E-state index contributed by atoms with van der Waals surface area (Å²) < 4.78 is 5.21. The predicted molar refractivity (Wildman–Crippen MR) is 94.5 cm³/mol. The van der Waals surface area contributed by atoms with Crippen molar-refractivity contribution in [1.29, 1.82) is 0 Å². The van der Waals surface area contributed by atoms with E-state index in [-0.39, 0.29) is 5.91 Å². The van der Waals surface area contributed by atoms with Crippen LogP contribution in [0.1, 0.15) is 15.9 Å². The number of nitrogens with one attached hydrogen (secondary N) is 3. The van der Waals surface area contributed by atoms with Crippen LogP contribution in [0.15, 0.2) is 53.5 Å². The molecule has 0 atom stereocenters. The van der Waals surface area contributed by atoms with E-state index in [9.17, 15) is 4.79 Å². The fourth-order valence-electron chi connectivity index (χ4n) is 2.43. The number of guanidine groups is 1. The van der Waals surface area contributed by atoms with E-state index in [1.165, 1.54) is 0 Å². The second kappa shape index (κ2) is 7.50. The van der Waals surface area contributed by atoms with Crippen LogP contribution in [0.5, 0.6) is 5.75 Å². The SMILES string of the molecule is COc1ccccc1C(=O)NCc1ccc(NC2=NCCN2)cc1. The molecule has 0 fully saturated rings. The minimum atomic E-state index is -0.154. The van der Waals surface area contributed by atoms with Gasteiger partial charge in [-0.25, -0.2) is 0 Å². The van der Waals surface area contributed by atoms with E-state index in [1.54, 1.807) is 19.2 Å². The zero-order valence-corrected chi connectivity index (χ0v) is 13.5. The summed E-state index contributed by atoms with van der Waals surface area (Å²) in [6.07, 6.45) is 0. The van der Waals surface area contributed by atoms with Crippen molar-refractivity contribution in [3.05, 3.63) is 59.7 Å². The zero-order chi connectivity index (χ0) is 16.8. The lowest BCUT2D eigenvalue weighted by Crippen LogP contribution is -2.26. The third-order valence-electron chi connectivity index (χ3n) is 3.70. The molecule has 6 nitrogen and oxygen atoms in total. The molecule has 0 aliphatic carbocycles. The van der Waals surface area contributed by atoms with Gasteiger partial charge in [0.25, 0.3) is 5.91 Å². The maximum absolute atomic E-state index is 12.3. The summed E-state index contributed by atoms with van der Waals surface area (Å²) in [6.45, 7) is 2.13. The number of hydrogen-bond donors (Lipinski definition) is 3. The van der Waals surface area contributed by atoms with Crippen LogP contribution in [-0.4, -0.2) is 32.1 Å². The number of anilines is 1. The molecule has 3 rings (SSSR count). The van der Waals surface area contributed by atoms with E-state index in [4.69, 9.17) is 4.74 Å². The van der Waals surface area contributed by atoms with E-state index in [2.05, 4.69) is 20.9 Å². The maximum atomic E-state index is 12.3. The number of carbonyl (C=O) groups excluding carboxylic acids is 1. The van der Waals surface area contributed by atoms with Gasteiger partial charge in [-0.15, -0.1) is 0 Å². The lowest BCUT2D eigenvalue weighted by atomic mass is 10.1. The van der Waals surface area contributed by atoms with Crippen molar-refractivity contribution in [3.8, 4) is 5.75 Å². The van der Waals surface area contributed by atoms with Gasteiger partial charge in [0.05, 0.1) is 19.2 Å². The Hall–Kier alpha value is -3.02. The zero-order valence-electron chi connectivity index (χ0n) is 13.5. The summed E-state index contributed by atoms with van der Waals surface area (Å²) in [5.41, 5.74) is 2.51. The maximum Gasteiger partial charge on any atom is 0.255 e. The van der Waals surface area contributed by atoms with Crippen molar-refractivity contribution in [3.63, 3.8) is 0 Å². The summed E-state index contributed by atoms with van der Waals surface area (Å²) in [5.74, 6) is 1.21. The van der Waals surface area contributed by atoms with Gasteiger partial charge < -0.3 is 20.7 Å². The smallest absolute Gasteiger partial charge is 0.255 e. The van der Waals surface area contributed by atoms with Gasteiger partial charge in [0.2, 0.25) is 0 Å². The number of rotatable bonds is 5. The fraction of sp³-hybridized carbons (Fsp3) is 0.222. The number of benzene rings is 2. The van der Waals surface area contributed by atoms with Crippen molar-refractivity contribution < 1.29 is 9.53 Å². The highest BCUT2D eigenvalue weighted by Gasteiger charge is 2.11. The first-order valence-corrected chi connectivity index (χ1v) is 7.82. The van der Waals surface area contributed by atoms with Crippen LogP contribution in [0.4, 0.5) is 5.69 Å². The van der Waals surface area contributed by atoms with Gasteiger partial charge >= 0.3 is 0 Å². The number of aliphatic imine (C=N–C) groups is 1. The third-order valence-corrected chi connectivity index (χ3v) is 3.70. The van der Waals surface area contributed by atoms with Crippen LogP contribution in [0.25, 0.3) is 0 Å². The molecule has 1 aliphatic heterocycles. The molecule has 0 bridgehead atoms. The Morgan fingerprint density at radius 1 is 1.21 bits per heavy atom. The number of amides is 1. The topological polar surface area (TPSA) is 74.8 Å². The molecule has 3 N–H and O–H groups in total. The molecule has 1 heterocycles. The van der Waals surface area contributed by atoms with Gasteiger partial charge in [-0.3, -0.25) is 9.79 Å². The standard InChI is InChI=1S/C18H20N4O2/c1-24-16-5-3-2-4-15(16)17(23)21-12-13-6-8-14(9-7-13)22-18-19-10-11-20-18/h2-9H,10-12H2,1H3,(H,21,23)(H2,19,20,22). The number of hydrogen-bond acceptors (Lipinski definition) is 5. The Morgan fingerprint density at radius 2 is 2.00 bits per heavy atom. The van der Waals surface area contributed by atoms with Gasteiger partial charge in [0, 0.05) is 18.8 Å². The monoisotopic (exact) mass is 324 g/mol. The summed E-state index contributed by atoms with van der Waals surface area (Å²) in [4.78, 5) is 16.6. The molecule has 0 saturated heterocycles. The van der Waals surface area contributed by atoms with Crippen molar-refractivity contribution in [2.45, 2.75) is 6.54 Å². The largest absolute Gasteiger partial charge is 0.496 e. The molecular weight excluding hydrogens is 304 g/mol. The molecule has 24 heavy (non-hydrogen) atoms. The molecular formula is C18H20N4O2. The number of para-hydroxylation sites is 1. The van der Waals surface area contributed by atoms with Gasteiger partial charge in [0.15, 0.2) is 5.96 Å². The summed E-state index contributed by atoms with van der Waals surface area (Å²) in [5, 5.41) is 9.27. The molecule has 0 saturated carbocycles. The van der Waals surface area contributed by atoms with Crippen LogP contribution in [-0.2, 0) is 6.54 Å². The highest BCUT2D eigenvalue weighted by atomic mass is 16.5. The molecule has 124 valence electrons. The molecule has 6 heteroatoms. The van der Waals surface area contributed by atoms with Crippen molar-refractivity contribution in [1.82, 2.24) is 10.6 Å². The van der Waals surface area contributed by atoms with E-state index in [0.29, 0.717) is 17.9 Å². The Bertz CT molecular complexity index is 741. The normalized spacial score (nSPS) is 13.0. The minimum absolute atomic E-state index is 0.154. The fourth-order valence-corrected chi connectivity index (χ4v) is 2.43. The molecule has 1 aliphatic rings. The second-order valence-corrected chi connectivity index (χ2v) is 5.36. The van der Waals surface area contributed by atoms with E-state index in [0.717, 1.165) is 30.3 Å². The lowest BCUT2D eigenvalue weighted by molar-refractivity contribution is 0.0948. The van der Waals surface area contributed by atoms with E-state index >= 15 is 0 Å². The number of carbonyl (C=O) groups is 1. The lowest BCUT2D eigenvalue weighted by Gasteiger charge is -2.10. The average Bonchev–Trinajstić information content (AvgIpc) is 3.14. The average molecular weight is 324 g/mol. The second-order valence-electron chi connectivity index (χ2n) is 5.36. The highest BCUT2D eigenvalue weighted by molar-refractivity contribution is 5.97. The number of methoxy groups -OCH3 is 1. The first-order chi connectivity index (χ1) is 11.8. The van der Waals surface area contributed by atoms with Crippen LogP contribution in [0, 0.1) is 0 Å². The van der Waals surface area contributed by atoms with Gasteiger partial charge in [-0.1, -0.05) is 24.3 Å². The van der Waals surface area contributed by atoms with Crippen molar-refractivity contribution in [2.24, 2.45) is 4.99 Å². The van der Waals surface area contributed by atoms with Gasteiger partial charge in [-0.05, 0) is 29.8 Å². The predicted octanol–water partition coefficient (Wildman–Crippen LogP) is 2.00. The number of nitrogens with zero attached hydrogens (tertiary/aromatic N) is 1. The summed E-state index contributed by atoms with van der Waals surface area (Å²) in [7, 11) is 1.56. The quantitative estimate of drug-likeness (QED) is 0.786. The summed E-state index contributed by atoms with van der Waals surface area (Å²) in [6, 6.07) is 15.1. The van der Waals surface area contributed by atoms with Crippen LogP contribution < -0.4 is 20.7 Å². The Morgan fingerprint density at radius 3 is 2.71 bits per heavy atom. The van der Waals surface area contributed by atoms with Crippen molar-refractivity contribution >= 4 is 17.6 Å². The Labute approximate surface area is 140 Å². The van der Waals surface area contributed by atoms with Crippen LogP contribution >= 0.6 is 0 Å². The molecule has 1 amide bonds. The molecule has 2 aromatic carbocycles. The summed E-state index contributed by atoms with van der Waals surface area (Å²) >= 11 is 0. The van der Waals surface area contributed by atoms with E-state index < -0.39 is 0 Å².